The first kappa shape index (κ1) is 11.7. The Balaban J connectivity index is 1.74. The molecule has 0 saturated carbocycles. The van der Waals surface area contributed by atoms with Crippen LogP contribution in [0, 0.1) is 0 Å². The number of amides is 1. The second-order valence-electron chi connectivity index (χ2n) is 3.53. The fourth-order valence-electron chi connectivity index (χ4n) is 1.40. The molecule has 1 N–H and O–H groups in total. The highest BCUT2D eigenvalue weighted by Gasteiger charge is 2.51. The highest BCUT2D eigenvalue weighted by Crippen LogP contribution is 2.23. The Hall–Kier alpha value is -1.82. The molecule has 0 radical (unpaired) electrons. The first-order valence-electron chi connectivity index (χ1n) is 5.34. The zero-order valence-corrected chi connectivity index (χ0v) is 9.34. The zero-order valence-electron chi connectivity index (χ0n) is 9.34. The summed E-state index contributed by atoms with van der Waals surface area (Å²) in [7, 11) is 0. The van der Waals surface area contributed by atoms with Gasteiger partial charge in [0.2, 0.25) is 0 Å². The van der Waals surface area contributed by atoms with Crippen LogP contribution in [-0.4, -0.2) is 30.7 Å². The first-order valence-corrected chi connectivity index (χ1v) is 5.34. The number of nitrogens with one attached hydrogen (secondary N) is 1. The van der Waals surface area contributed by atoms with Crippen molar-refractivity contribution in [3.63, 3.8) is 0 Å². The summed E-state index contributed by atoms with van der Waals surface area (Å²) in [6, 6.07) is 3.48. The number of rotatable bonds is 5. The summed E-state index contributed by atoms with van der Waals surface area (Å²) in [6.45, 7) is 2.26. The van der Waals surface area contributed by atoms with Crippen LogP contribution < -0.4 is 5.32 Å². The molecule has 92 valence electrons. The van der Waals surface area contributed by atoms with Crippen molar-refractivity contribution < 1.29 is 23.5 Å². The highest BCUT2D eigenvalue weighted by molar-refractivity contribution is 5.92. The maximum atomic E-state index is 11.5. The standard InChI is InChI=1S/C11H13NO5/c1-2-15-11(14)9-8(17-9)10(13)12-6-7-4-3-5-16-7/h3-5,8-9H,2,6H2,1H3,(H,12,13). The van der Waals surface area contributed by atoms with Gasteiger partial charge in [-0.25, -0.2) is 4.79 Å². The molecule has 1 aliphatic heterocycles. The quantitative estimate of drug-likeness (QED) is 0.587. The van der Waals surface area contributed by atoms with Gasteiger partial charge in [-0.2, -0.15) is 0 Å². The lowest BCUT2D eigenvalue weighted by Gasteiger charge is -2.00. The average molecular weight is 239 g/mol. The van der Waals surface area contributed by atoms with Crippen LogP contribution in [0.1, 0.15) is 12.7 Å². The number of carbonyl (C=O) groups excluding carboxylic acids is 2. The summed E-state index contributed by atoms with van der Waals surface area (Å²) in [5, 5.41) is 2.61. The van der Waals surface area contributed by atoms with Crippen molar-refractivity contribution in [2.24, 2.45) is 0 Å². The van der Waals surface area contributed by atoms with Crippen LogP contribution in [-0.2, 0) is 25.6 Å². The Labute approximate surface area is 97.9 Å². The minimum atomic E-state index is -0.758. The minimum absolute atomic E-state index is 0.277. The van der Waals surface area contributed by atoms with Crippen molar-refractivity contribution in [1.82, 2.24) is 5.32 Å². The van der Waals surface area contributed by atoms with E-state index in [1.165, 1.54) is 6.26 Å². The van der Waals surface area contributed by atoms with E-state index in [-0.39, 0.29) is 19.1 Å². The van der Waals surface area contributed by atoms with Gasteiger partial charge >= 0.3 is 5.97 Å². The molecule has 2 unspecified atom stereocenters. The number of furan rings is 1. The van der Waals surface area contributed by atoms with Gasteiger partial charge in [-0.05, 0) is 19.1 Å². The third kappa shape index (κ3) is 2.85. The van der Waals surface area contributed by atoms with Gasteiger partial charge in [-0.15, -0.1) is 0 Å². The molecule has 1 aromatic heterocycles. The van der Waals surface area contributed by atoms with Gasteiger partial charge in [0.25, 0.3) is 5.91 Å². The van der Waals surface area contributed by atoms with Crippen LogP contribution in [0.4, 0.5) is 0 Å². The molecule has 2 heterocycles. The van der Waals surface area contributed by atoms with Crippen LogP contribution in [0.25, 0.3) is 0 Å². The normalized spacial score (nSPS) is 21.9. The van der Waals surface area contributed by atoms with E-state index in [1.807, 2.05) is 0 Å². The molecule has 0 aliphatic carbocycles. The fourth-order valence-corrected chi connectivity index (χ4v) is 1.40. The lowest BCUT2D eigenvalue weighted by Crippen LogP contribution is -2.30. The number of hydrogen-bond acceptors (Lipinski definition) is 5. The van der Waals surface area contributed by atoms with E-state index in [1.54, 1.807) is 19.1 Å². The van der Waals surface area contributed by atoms with E-state index in [0.717, 1.165) is 0 Å². The summed E-state index contributed by atoms with van der Waals surface area (Å²) in [5.41, 5.74) is 0. The number of hydrogen-bond donors (Lipinski definition) is 1. The molecular weight excluding hydrogens is 226 g/mol. The molecule has 1 saturated heterocycles. The van der Waals surface area contributed by atoms with Gasteiger partial charge in [0.1, 0.15) is 5.76 Å². The fraction of sp³-hybridized carbons (Fsp3) is 0.455. The zero-order chi connectivity index (χ0) is 12.3. The molecule has 1 amide bonds. The van der Waals surface area contributed by atoms with Crippen molar-refractivity contribution in [2.45, 2.75) is 25.7 Å². The van der Waals surface area contributed by atoms with E-state index in [9.17, 15) is 9.59 Å². The van der Waals surface area contributed by atoms with Crippen LogP contribution in [0.2, 0.25) is 0 Å². The van der Waals surface area contributed by atoms with Gasteiger partial charge in [-0.1, -0.05) is 0 Å². The second-order valence-corrected chi connectivity index (χ2v) is 3.53. The number of esters is 1. The van der Waals surface area contributed by atoms with Crippen LogP contribution in [0.3, 0.4) is 0 Å². The SMILES string of the molecule is CCOC(=O)C1OC1C(=O)NCc1ccco1. The molecular formula is C11H13NO5. The molecule has 1 aromatic rings. The van der Waals surface area contributed by atoms with Crippen molar-refractivity contribution in [2.75, 3.05) is 6.61 Å². The Morgan fingerprint density at radius 3 is 2.94 bits per heavy atom. The van der Waals surface area contributed by atoms with E-state index < -0.39 is 18.2 Å². The first-order chi connectivity index (χ1) is 8.22. The van der Waals surface area contributed by atoms with Gasteiger partial charge in [0, 0.05) is 0 Å². The van der Waals surface area contributed by atoms with Gasteiger partial charge < -0.3 is 19.2 Å². The lowest BCUT2D eigenvalue weighted by atomic mass is 10.3. The third-order valence-corrected chi connectivity index (χ3v) is 2.29. The smallest absolute Gasteiger partial charge is 0.338 e. The molecule has 2 rings (SSSR count). The van der Waals surface area contributed by atoms with E-state index in [2.05, 4.69) is 5.32 Å². The predicted molar refractivity (Wildman–Crippen MR) is 55.8 cm³/mol. The highest BCUT2D eigenvalue weighted by atomic mass is 16.6. The molecule has 17 heavy (non-hydrogen) atoms. The maximum Gasteiger partial charge on any atom is 0.338 e. The van der Waals surface area contributed by atoms with Crippen LogP contribution in [0.5, 0.6) is 0 Å². The van der Waals surface area contributed by atoms with Crippen LogP contribution in [0.15, 0.2) is 22.8 Å². The number of epoxide rings is 1. The predicted octanol–water partition coefficient (Wildman–Crippen LogP) is 0.226. The summed E-state index contributed by atoms with van der Waals surface area (Å²) < 4.78 is 14.7. The van der Waals surface area contributed by atoms with Crippen molar-refractivity contribution in [1.29, 1.82) is 0 Å². The van der Waals surface area contributed by atoms with E-state index >= 15 is 0 Å². The number of carbonyl (C=O) groups is 2. The Morgan fingerprint density at radius 2 is 2.29 bits per heavy atom. The molecule has 1 aliphatic rings. The van der Waals surface area contributed by atoms with Crippen LogP contribution >= 0.6 is 0 Å². The lowest BCUT2D eigenvalue weighted by molar-refractivity contribution is -0.144. The van der Waals surface area contributed by atoms with E-state index in [0.29, 0.717) is 5.76 Å². The largest absolute Gasteiger partial charge is 0.467 e. The molecule has 6 nitrogen and oxygen atoms in total. The molecule has 6 heteroatoms. The summed E-state index contributed by atoms with van der Waals surface area (Å²) in [5.74, 6) is -0.184. The minimum Gasteiger partial charge on any atom is -0.467 e. The number of ether oxygens (including phenoxy) is 2. The summed E-state index contributed by atoms with van der Waals surface area (Å²) >= 11 is 0. The Bertz CT molecular complexity index is 400. The Kier molecular flexibility index (Phi) is 3.43. The monoisotopic (exact) mass is 239 g/mol. The Morgan fingerprint density at radius 1 is 1.47 bits per heavy atom. The summed E-state index contributed by atoms with van der Waals surface area (Å²) in [4.78, 5) is 22.7. The molecule has 2 atom stereocenters. The van der Waals surface area contributed by atoms with Crippen molar-refractivity contribution in [3.05, 3.63) is 24.2 Å². The van der Waals surface area contributed by atoms with Crippen molar-refractivity contribution in [3.8, 4) is 0 Å². The third-order valence-electron chi connectivity index (χ3n) is 2.29. The van der Waals surface area contributed by atoms with Gasteiger partial charge in [0.15, 0.2) is 12.2 Å². The van der Waals surface area contributed by atoms with E-state index in [4.69, 9.17) is 13.9 Å². The molecule has 1 fully saturated rings. The van der Waals surface area contributed by atoms with Gasteiger partial charge in [0.05, 0.1) is 19.4 Å². The maximum absolute atomic E-state index is 11.5. The average Bonchev–Trinajstić information content (AvgIpc) is 2.96. The molecule has 0 bridgehead atoms. The second kappa shape index (κ2) is 5.01. The van der Waals surface area contributed by atoms with Gasteiger partial charge in [-0.3, -0.25) is 4.79 Å². The van der Waals surface area contributed by atoms with Crippen molar-refractivity contribution >= 4 is 11.9 Å². The molecule has 0 spiro atoms. The molecule has 0 aromatic carbocycles. The topological polar surface area (TPSA) is 81.1 Å². The summed E-state index contributed by atoms with van der Waals surface area (Å²) in [6.07, 6.45) is 0.0341.